The van der Waals surface area contributed by atoms with Crippen LogP contribution in [0.3, 0.4) is 0 Å². The van der Waals surface area contributed by atoms with Crippen molar-refractivity contribution in [3.05, 3.63) is 77.6 Å². The van der Waals surface area contributed by atoms with Gasteiger partial charge in [-0.05, 0) is 38.0 Å². The Balaban J connectivity index is 1.18. The Hall–Kier alpha value is -3.50. The minimum Gasteiger partial charge on any atom is -0.462 e. The van der Waals surface area contributed by atoms with E-state index in [9.17, 15) is 9.59 Å². The van der Waals surface area contributed by atoms with Crippen LogP contribution in [0.5, 0.6) is 0 Å². The van der Waals surface area contributed by atoms with E-state index in [1.807, 2.05) is 12.4 Å². The van der Waals surface area contributed by atoms with Crippen LogP contribution in [-0.4, -0.2) is 51.5 Å². The molecule has 3 unspecified atom stereocenters. The molecule has 182 valence electrons. The number of esters is 1. The van der Waals surface area contributed by atoms with Crippen molar-refractivity contribution in [2.24, 2.45) is 5.10 Å². The molecular formula is C25H28N6O3S. The first kappa shape index (κ1) is 23.3. The van der Waals surface area contributed by atoms with E-state index in [0.717, 1.165) is 11.6 Å². The van der Waals surface area contributed by atoms with E-state index in [1.165, 1.54) is 22.9 Å². The number of carbonyl (C=O) groups excluding carboxylic acids is 2. The summed E-state index contributed by atoms with van der Waals surface area (Å²) in [5, 5.41) is 10.2. The molecule has 9 nitrogen and oxygen atoms in total. The van der Waals surface area contributed by atoms with Gasteiger partial charge in [0.15, 0.2) is 5.17 Å². The zero-order valence-electron chi connectivity index (χ0n) is 19.6. The molecule has 1 saturated heterocycles. The number of hydrogen-bond donors (Lipinski definition) is 3. The van der Waals surface area contributed by atoms with E-state index >= 15 is 0 Å². The number of fused-ring (bicyclic) bond motifs is 3. The number of carbonyl (C=O) groups is 2. The summed E-state index contributed by atoms with van der Waals surface area (Å²) in [6, 6.07) is 15.9. The molecule has 3 N–H and O–H groups in total. The second-order valence-corrected chi connectivity index (χ2v) is 9.52. The van der Waals surface area contributed by atoms with Crippen LogP contribution in [0.1, 0.15) is 40.9 Å². The molecule has 0 radical (unpaired) electrons. The number of thioether (sulfide) groups is 1. The number of hydrazine groups is 1. The van der Waals surface area contributed by atoms with Crippen molar-refractivity contribution in [2.45, 2.75) is 38.5 Å². The summed E-state index contributed by atoms with van der Waals surface area (Å²) in [7, 11) is 0. The van der Waals surface area contributed by atoms with E-state index in [2.05, 4.69) is 62.4 Å². The number of para-hydroxylation sites is 1. The number of rotatable bonds is 6. The van der Waals surface area contributed by atoms with Crippen molar-refractivity contribution in [1.82, 2.24) is 20.8 Å². The number of amidine groups is 1. The predicted octanol–water partition coefficient (Wildman–Crippen LogP) is 3.15. The Kier molecular flexibility index (Phi) is 6.65. The van der Waals surface area contributed by atoms with Crippen LogP contribution >= 0.6 is 11.8 Å². The van der Waals surface area contributed by atoms with Gasteiger partial charge in [-0.15, -0.1) is 0 Å². The molecule has 3 aliphatic rings. The third kappa shape index (κ3) is 4.85. The number of hydrazone groups is 1. The number of nitrogens with one attached hydrogen (secondary N) is 3. The molecule has 1 fully saturated rings. The largest absolute Gasteiger partial charge is 0.462 e. The first-order valence-corrected chi connectivity index (χ1v) is 12.6. The third-order valence-corrected chi connectivity index (χ3v) is 7.18. The maximum Gasteiger partial charge on any atom is 0.340 e. The Bertz CT molecular complexity index is 1170. The molecule has 3 atom stereocenters. The van der Waals surface area contributed by atoms with Crippen LogP contribution in [-0.2, 0) is 9.53 Å². The van der Waals surface area contributed by atoms with Gasteiger partial charge in [-0.25, -0.2) is 10.2 Å². The monoisotopic (exact) mass is 492 g/mol. The van der Waals surface area contributed by atoms with E-state index in [4.69, 9.17) is 4.74 Å². The van der Waals surface area contributed by atoms with E-state index in [0.29, 0.717) is 11.3 Å². The fraction of sp³-hybridized carbons (Fsp3) is 0.320. The maximum absolute atomic E-state index is 12.7. The average Bonchev–Trinajstić information content (AvgIpc) is 3.48. The van der Waals surface area contributed by atoms with Crippen LogP contribution in [0, 0.1) is 6.92 Å². The van der Waals surface area contributed by atoms with Gasteiger partial charge >= 0.3 is 5.97 Å². The first-order valence-electron chi connectivity index (χ1n) is 11.6. The quantitative estimate of drug-likeness (QED) is 0.529. The molecule has 1 amide bonds. The fourth-order valence-electron chi connectivity index (χ4n) is 4.46. The highest BCUT2D eigenvalue weighted by Gasteiger charge is 2.44. The Morgan fingerprint density at radius 2 is 1.97 bits per heavy atom. The van der Waals surface area contributed by atoms with Gasteiger partial charge in [0.25, 0.3) is 0 Å². The molecule has 5 rings (SSSR count). The highest BCUT2D eigenvalue weighted by molar-refractivity contribution is 8.14. The second-order valence-electron chi connectivity index (χ2n) is 8.58. The van der Waals surface area contributed by atoms with Crippen LogP contribution < -0.4 is 16.2 Å². The summed E-state index contributed by atoms with van der Waals surface area (Å²) in [4.78, 5) is 26.9. The van der Waals surface area contributed by atoms with Gasteiger partial charge in [-0.3, -0.25) is 10.2 Å². The number of anilines is 1. The zero-order valence-corrected chi connectivity index (χ0v) is 20.4. The first-order chi connectivity index (χ1) is 17.0. The topological polar surface area (TPSA) is 98.3 Å². The lowest BCUT2D eigenvalue weighted by molar-refractivity contribution is -0.113. The number of benzene rings is 2. The van der Waals surface area contributed by atoms with Crippen molar-refractivity contribution in [3.8, 4) is 0 Å². The van der Waals surface area contributed by atoms with Crippen molar-refractivity contribution < 1.29 is 14.3 Å². The third-order valence-electron chi connectivity index (χ3n) is 6.21. The SMILES string of the molecule is CCOC(=O)c1ccccc1NC(=O)CSC1=NNC2C3CC(c4ccc(C)cc4)NN3C=CN12. The minimum absolute atomic E-state index is 0.0157. The van der Waals surface area contributed by atoms with Crippen molar-refractivity contribution in [1.29, 1.82) is 0 Å². The number of hydrogen-bond acceptors (Lipinski definition) is 9. The molecule has 35 heavy (non-hydrogen) atoms. The molecule has 3 aliphatic heterocycles. The summed E-state index contributed by atoms with van der Waals surface area (Å²) < 4.78 is 5.08. The van der Waals surface area contributed by atoms with Gasteiger partial charge in [0.2, 0.25) is 5.91 Å². The molecule has 0 aromatic heterocycles. The fourth-order valence-corrected chi connectivity index (χ4v) is 5.23. The molecule has 3 heterocycles. The van der Waals surface area contributed by atoms with Gasteiger partial charge < -0.3 is 20.0 Å². The van der Waals surface area contributed by atoms with E-state index < -0.39 is 5.97 Å². The summed E-state index contributed by atoms with van der Waals surface area (Å²) in [6.45, 7) is 4.11. The Labute approximate surface area is 208 Å². The number of amides is 1. The molecule has 2 aromatic carbocycles. The Morgan fingerprint density at radius 1 is 1.17 bits per heavy atom. The normalized spacial score (nSPS) is 22.2. The number of ether oxygens (including phenoxy) is 1. The van der Waals surface area contributed by atoms with Crippen molar-refractivity contribution in [2.75, 3.05) is 17.7 Å². The van der Waals surface area contributed by atoms with Crippen molar-refractivity contribution in [3.63, 3.8) is 0 Å². The second kappa shape index (κ2) is 10.0. The molecule has 0 saturated carbocycles. The van der Waals surface area contributed by atoms with Gasteiger partial charge in [0.05, 0.1) is 35.7 Å². The van der Waals surface area contributed by atoms with Crippen LogP contribution in [0.15, 0.2) is 66.0 Å². The standard InChI is InChI=1S/C25H28N6O3S/c1-3-34-24(33)18-6-4-5-7-19(18)26-22(32)15-35-25-28-27-23-21-14-20(17-10-8-16(2)9-11-17)29-31(21)13-12-30(23)25/h4-13,20-21,23,27,29H,3,14-15H2,1-2H3,(H,26,32). The molecule has 0 spiro atoms. The van der Waals surface area contributed by atoms with Gasteiger partial charge in [0.1, 0.15) is 6.17 Å². The van der Waals surface area contributed by atoms with E-state index in [1.54, 1.807) is 31.2 Å². The van der Waals surface area contributed by atoms with Gasteiger partial charge in [-0.1, -0.05) is 53.7 Å². The summed E-state index contributed by atoms with van der Waals surface area (Å²) in [6.07, 6.45) is 4.91. The smallest absolute Gasteiger partial charge is 0.340 e. The minimum atomic E-state index is -0.458. The van der Waals surface area contributed by atoms with E-state index in [-0.39, 0.29) is 36.5 Å². The summed E-state index contributed by atoms with van der Waals surface area (Å²) in [5.41, 5.74) is 10.1. The van der Waals surface area contributed by atoms with Crippen LogP contribution in [0.2, 0.25) is 0 Å². The zero-order chi connectivity index (χ0) is 24.4. The molecule has 2 aromatic rings. The lowest BCUT2D eigenvalue weighted by Crippen LogP contribution is -2.54. The lowest BCUT2D eigenvalue weighted by Gasteiger charge is -2.36. The summed E-state index contributed by atoms with van der Waals surface area (Å²) in [5.74, 6) is -0.518. The van der Waals surface area contributed by atoms with Gasteiger partial charge in [-0.2, -0.15) is 5.10 Å². The van der Waals surface area contributed by atoms with Crippen molar-refractivity contribution >= 4 is 34.5 Å². The van der Waals surface area contributed by atoms with Crippen LogP contribution in [0.4, 0.5) is 5.69 Å². The van der Waals surface area contributed by atoms with Crippen LogP contribution in [0.25, 0.3) is 0 Å². The highest BCUT2D eigenvalue weighted by Crippen LogP contribution is 2.35. The predicted molar refractivity (Wildman–Crippen MR) is 136 cm³/mol. The maximum atomic E-state index is 12.7. The molecule has 10 heteroatoms. The molecule has 0 bridgehead atoms. The van der Waals surface area contributed by atoms with Gasteiger partial charge in [0, 0.05) is 12.4 Å². The number of aryl methyl sites for hydroxylation is 1. The highest BCUT2D eigenvalue weighted by atomic mass is 32.2. The molecule has 0 aliphatic carbocycles. The average molecular weight is 493 g/mol. The summed E-state index contributed by atoms with van der Waals surface area (Å²) >= 11 is 1.35. The lowest BCUT2D eigenvalue weighted by atomic mass is 9.99. The number of nitrogens with zero attached hydrogens (tertiary/aromatic N) is 3. The Morgan fingerprint density at radius 3 is 2.77 bits per heavy atom. The molecular weight excluding hydrogens is 464 g/mol.